The Balaban J connectivity index is 1.67. The Labute approximate surface area is 121 Å². The number of nitrogens with one attached hydrogen (secondary N) is 1. The molecule has 0 aliphatic rings. The van der Waals surface area contributed by atoms with Crippen molar-refractivity contribution in [1.29, 1.82) is 0 Å². The molecule has 0 fully saturated rings. The predicted octanol–water partition coefficient (Wildman–Crippen LogP) is 2.67. The lowest BCUT2D eigenvalue weighted by Crippen LogP contribution is -2.23. The average Bonchev–Trinajstić information content (AvgIpc) is 3.04. The maximum absolute atomic E-state index is 12.0. The summed E-state index contributed by atoms with van der Waals surface area (Å²) in [5.74, 6) is -0.0845. The van der Waals surface area contributed by atoms with Gasteiger partial charge in [-0.15, -0.1) is 10.2 Å². The van der Waals surface area contributed by atoms with Gasteiger partial charge in [-0.3, -0.25) is 4.79 Å². The molecule has 0 atom stereocenters. The molecule has 0 saturated carbocycles. The molecule has 5 nitrogen and oxygen atoms in total. The molecule has 2 aromatic carbocycles. The summed E-state index contributed by atoms with van der Waals surface area (Å²) >= 11 is 0. The third-order valence-corrected chi connectivity index (χ3v) is 2.94. The number of carbonyl (C=O) groups excluding carboxylic acids is 1. The molecule has 3 aromatic rings. The fraction of sp³-hybridized carbons (Fsp3) is 0.0625. The highest BCUT2D eigenvalue weighted by atomic mass is 16.4. The zero-order chi connectivity index (χ0) is 14.5. The molecule has 1 aromatic heterocycles. The first-order valence-electron chi connectivity index (χ1n) is 6.54. The van der Waals surface area contributed by atoms with Gasteiger partial charge in [0.2, 0.25) is 5.89 Å². The first-order chi connectivity index (χ1) is 10.3. The highest BCUT2D eigenvalue weighted by molar-refractivity contribution is 5.89. The third-order valence-electron chi connectivity index (χ3n) is 2.94. The fourth-order valence-electron chi connectivity index (χ4n) is 1.87. The lowest BCUT2D eigenvalue weighted by atomic mass is 10.2. The van der Waals surface area contributed by atoms with Gasteiger partial charge in [-0.2, -0.15) is 0 Å². The van der Waals surface area contributed by atoms with Crippen LogP contribution >= 0.6 is 0 Å². The molecular formula is C16H13N3O2. The Morgan fingerprint density at radius 3 is 2.33 bits per heavy atom. The zero-order valence-corrected chi connectivity index (χ0v) is 11.2. The van der Waals surface area contributed by atoms with Crippen LogP contribution in [0.2, 0.25) is 0 Å². The van der Waals surface area contributed by atoms with Gasteiger partial charge in [-0.05, 0) is 17.7 Å². The van der Waals surface area contributed by atoms with Crippen LogP contribution < -0.4 is 5.32 Å². The standard InChI is InChI=1S/C16H13N3O2/c20-14(17-11-12-7-3-1-4-8-12)16-19-18-15(21-16)13-9-5-2-6-10-13/h1-10H,11H2,(H,17,20). The second-order valence-electron chi connectivity index (χ2n) is 4.45. The van der Waals surface area contributed by atoms with Gasteiger partial charge in [0, 0.05) is 12.1 Å². The van der Waals surface area contributed by atoms with Gasteiger partial charge in [0.15, 0.2) is 0 Å². The van der Waals surface area contributed by atoms with E-state index in [1.807, 2.05) is 60.7 Å². The lowest BCUT2D eigenvalue weighted by molar-refractivity contribution is 0.0917. The summed E-state index contributed by atoms with van der Waals surface area (Å²) < 4.78 is 5.39. The molecule has 0 unspecified atom stereocenters. The van der Waals surface area contributed by atoms with E-state index in [-0.39, 0.29) is 11.8 Å². The van der Waals surface area contributed by atoms with Gasteiger partial charge in [0.1, 0.15) is 0 Å². The summed E-state index contributed by atoms with van der Waals surface area (Å²) in [5.41, 5.74) is 1.79. The van der Waals surface area contributed by atoms with Crippen molar-refractivity contribution in [3.8, 4) is 11.5 Å². The van der Waals surface area contributed by atoms with Crippen molar-refractivity contribution in [3.63, 3.8) is 0 Å². The molecule has 104 valence electrons. The average molecular weight is 279 g/mol. The van der Waals surface area contributed by atoms with Crippen LogP contribution in [0.15, 0.2) is 65.1 Å². The van der Waals surface area contributed by atoms with Crippen molar-refractivity contribution in [3.05, 3.63) is 72.1 Å². The largest absolute Gasteiger partial charge is 0.412 e. The smallest absolute Gasteiger partial charge is 0.309 e. The third kappa shape index (κ3) is 3.14. The van der Waals surface area contributed by atoms with E-state index >= 15 is 0 Å². The maximum Gasteiger partial charge on any atom is 0.309 e. The zero-order valence-electron chi connectivity index (χ0n) is 11.2. The topological polar surface area (TPSA) is 68.0 Å². The molecule has 0 spiro atoms. The van der Waals surface area contributed by atoms with Gasteiger partial charge in [0.05, 0.1) is 0 Å². The van der Waals surface area contributed by atoms with Crippen molar-refractivity contribution >= 4 is 5.91 Å². The second-order valence-corrected chi connectivity index (χ2v) is 4.45. The number of amides is 1. The van der Waals surface area contributed by atoms with Crippen LogP contribution in [0.4, 0.5) is 0 Å². The van der Waals surface area contributed by atoms with E-state index in [1.165, 1.54) is 0 Å². The van der Waals surface area contributed by atoms with E-state index in [2.05, 4.69) is 15.5 Å². The number of rotatable bonds is 4. The van der Waals surface area contributed by atoms with Crippen LogP contribution in [0.5, 0.6) is 0 Å². The minimum absolute atomic E-state index is 0.0372. The number of benzene rings is 2. The minimum atomic E-state index is -0.381. The highest BCUT2D eigenvalue weighted by Gasteiger charge is 2.15. The molecule has 0 saturated heterocycles. The second kappa shape index (κ2) is 6.00. The Kier molecular flexibility index (Phi) is 3.73. The molecule has 3 rings (SSSR count). The monoisotopic (exact) mass is 279 g/mol. The van der Waals surface area contributed by atoms with Crippen LogP contribution in [0.25, 0.3) is 11.5 Å². The summed E-state index contributed by atoms with van der Waals surface area (Å²) in [4.78, 5) is 12.0. The Morgan fingerprint density at radius 2 is 1.62 bits per heavy atom. The maximum atomic E-state index is 12.0. The molecule has 0 aliphatic heterocycles. The van der Waals surface area contributed by atoms with Gasteiger partial charge >= 0.3 is 11.8 Å². The van der Waals surface area contributed by atoms with Crippen molar-refractivity contribution in [1.82, 2.24) is 15.5 Å². The van der Waals surface area contributed by atoms with Crippen LogP contribution in [0.1, 0.15) is 16.2 Å². The van der Waals surface area contributed by atoms with Gasteiger partial charge in [0.25, 0.3) is 0 Å². The van der Waals surface area contributed by atoms with Crippen LogP contribution in [-0.2, 0) is 6.54 Å². The summed E-state index contributed by atoms with van der Waals surface area (Å²) in [6.07, 6.45) is 0. The van der Waals surface area contributed by atoms with Crippen molar-refractivity contribution in [2.24, 2.45) is 0 Å². The van der Waals surface area contributed by atoms with Crippen LogP contribution in [0.3, 0.4) is 0 Å². The van der Waals surface area contributed by atoms with Crippen molar-refractivity contribution < 1.29 is 9.21 Å². The molecule has 1 amide bonds. The van der Waals surface area contributed by atoms with Crippen molar-refractivity contribution in [2.75, 3.05) is 0 Å². The Hall–Kier alpha value is -2.95. The number of hydrogen-bond donors (Lipinski definition) is 1. The fourth-order valence-corrected chi connectivity index (χ4v) is 1.87. The van der Waals surface area contributed by atoms with Crippen molar-refractivity contribution in [2.45, 2.75) is 6.54 Å². The number of hydrogen-bond acceptors (Lipinski definition) is 4. The minimum Gasteiger partial charge on any atom is -0.412 e. The van der Waals surface area contributed by atoms with E-state index in [0.29, 0.717) is 12.4 Å². The lowest BCUT2D eigenvalue weighted by Gasteiger charge is -2.01. The van der Waals surface area contributed by atoms with E-state index in [1.54, 1.807) is 0 Å². The molecule has 5 heteroatoms. The molecule has 0 radical (unpaired) electrons. The number of carbonyl (C=O) groups is 1. The number of nitrogens with zero attached hydrogens (tertiary/aromatic N) is 2. The molecule has 1 heterocycles. The van der Waals surface area contributed by atoms with Gasteiger partial charge in [-0.25, -0.2) is 0 Å². The van der Waals surface area contributed by atoms with E-state index < -0.39 is 0 Å². The molecule has 0 aliphatic carbocycles. The molecular weight excluding hydrogens is 266 g/mol. The predicted molar refractivity (Wildman–Crippen MR) is 77.3 cm³/mol. The summed E-state index contributed by atoms with van der Waals surface area (Å²) in [7, 11) is 0. The molecule has 21 heavy (non-hydrogen) atoms. The number of aromatic nitrogens is 2. The first-order valence-corrected chi connectivity index (χ1v) is 6.54. The van der Waals surface area contributed by atoms with E-state index in [0.717, 1.165) is 11.1 Å². The quantitative estimate of drug-likeness (QED) is 0.797. The first kappa shape index (κ1) is 13.1. The summed E-state index contributed by atoms with van der Waals surface area (Å²) in [6, 6.07) is 19.0. The van der Waals surface area contributed by atoms with E-state index in [9.17, 15) is 4.79 Å². The SMILES string of the molecule is O=C(NCc1ccccc1)c1nnc(-c2ccccc2)o1. The van der Waals surface area contributed by atoms with Gasteiger partial charge in [-0.1, -0.05) is 48.5 Å². The molecule has 1 N–H and O–H groups in total. The summed E-state index contributed by atoms with van der Waals surface area (Å²) in [6.45, 7) is 0.419. The van der Waals surface area contributed by atoms with Gasteiger partial charge < -0.3 is 9.73 Å². The van der Waals surface area contributed by atoms with Crippen LogP contribution in [-0.4, -0.2) is 16.1 Å². The summed E-state index contributed by atoms with van der Waals surface area (Å²) in [5, 5.41) is 10.4. The Morgan fingerprint density at radius 1 is 0.952 bits per heavy atom. The van der Waals surface area contributed by atoms with Crippen LogP contribution in [0, 0.1) is 0 Å². The normalized spacial score (nSPS) is 10.3. The Bertz CT molecular complexity index is 724. The van der Waals surface area contributed by atoms with E-state index in [4.69, 9.17) is 4.42 Å². The highest BCUT2D eigenvalue weighted by Crippen LogP contribution is 2.16. The molecule has 0 bridgehead atoms.